The molecule has 2 atom stereocenters. The third-order valence-electron chi connectivity index (χ3n) is 5.63. The minimum atomic E-state index is -1.13. The van der Waals surface area contributed by atoms with E-state index in [0.717, 1.165) is 24.1 Å². The summed E-state index contributed by atoms with van der Waals surface area (Å²) in [6, 6.07) is 4.51. The quantitative estimate of drug-likeness (QED) is 0.429. The molecule has 1 unspecified atom stereocenters. The fourth-order valence-electron chi connectivity index (χ4n) is 3.75. The standard InChI is InChI=1S/C22H27N3O4S2/c1-2-18(30)19(26)25-22(8-3-4-9-22)21(29)24-17(20(27)28)11-14-5-6-16(23-12-14)15-7-10-31-13-15/h5-7,10,12-13,17-18,30H,2-4,8-9,11H2,1H3,(H,24,29)(H,25,26)(H,27,28)/t17?,18-/m1/s1. The molecule has 0 spiro atoms. The van der Waals surface area contributed by atoms with Crippen molar-refractivity contribution >= 4 is 41.7 Å². The number of nitrogens with zero attached hydrogens (tertiary/aromatic N) is 1. The Balaban J connectivity index is 1.70. The van der Waals surface area contributed by atoms with Crippen molar-refractivity contribution in [2.45, 2.75) is 62.3 Å². The van der Waals surface area contributed by atoms with E-state index in [-0.39, 0.29) is 12.3 Å². The summed E-state index contributed by atoms with van der Waals surface area (Å²) in [6.07, 6.45) is 4.83. The molecule has 2 aromatic heterocycles. The second kappa shape index (κ2) is 10.3. The fourth-order valence-corrected chi connectivity index (χ4v) is 4.46. The molecule has 1 fully saturated rings. The van der Waals surface area contributed by atoms with Crippen LogP contribution < -0.4 is 10.6 Å². The predicted octanol–water partition coefficient (Wildman–Crippen LogP) is 3.06. The van der Waals surface area contributed by atoms with E-state index in [1.165, 1.54) is 0 Å². The zero-order valence-electron chi connectivity index (χ0n) is 17.3. The number of nitrogens with one attached hydrogen (secondary N) is 2. The summed E-state index contributed by atoms with van der Waals surface area (Å²) >= 11 is 5.84. The largest absolute Gasteiger partial charge is 0.480 e. The van der Waals surface area contributed by atoms with Crippen molar-refractivity contribution in [3.63, 3.8) is 0 Å². The van der Waals surface area contributed by atoms with Crippen LogP contribution in [0, 0.1) is 0 Å². The molecule has 0 aromatic carbocycles. The molecule has 2 heterocycles. The van der Waals surface area contributed by atoms with Crippen LogP contribution in [0.25, 0.3) is 11.3 Å². The molecular weight excluding hydrogens is 434 g/mol. The van der Waals surface area contributed by atoms with Crippen LogP contribution in [0.4, 0.5) is 0 Å². The molecule has 1 saturated carbocycles. The average Bonchev–Trinajstić information content (AvgIpc) is 3.46. The van der Waals surface area contributed by atoms with E-state index < -0.39 is 28.7 Å². The van der Waals surface area contributed by atoms with Gasteiger partial charge in [0.2, 0.25) is 11.8 Å². The number of hydrogen-bond donors (Lipinski definition) is 4. The second-order valence-electron chi connectivity index (χ2n) is 7.83. The summed E-state index contributed by atoms with van der Waals surface area (Å²) in [5.74, 6) is -1.89. The average molecular weight is 462 g/mol. The first-order valence-corrected chi connectivity index (χ1v) is 11.8. The van der Waals surface area contributed by atoms with Crippen LogP contribution in [0.5, 0.6) is 0 Å². The molecule has 7 nitrogen and oxygen atoms in total. The van der Waals surface area contributed by atoms with Crippen LogP contribution in [0.1, 0.15) is 44.6 Å². The van der Waals surface area contributed by atoms with Gasteiger partial charge in [-0.1, -0.05) is 25.8 Å². The number of carbonyl (C=O) groups excluding carboxylic acids is 2. The Morgan fingerprint density at radius 2 is 2.00 bits per heavy atom. The molecule has 1 aliphatic rings. The smallest absolute Gasteiger partial charge is 0.326 e. The molecule has 3 N–H and O–H groups in total. The maximum Gasteiger partial charge on any atom is 0.326 e. The van der Waals surface area contributed by atoms with Gasteiger partial charge in [0.25, 0.3) is 0 Å². The molecule has 2 amide bonds. The highest BCUT2D eigenvalue weighted by molar-refractivity contribution is 7.81. The lowest BCUT2D eigenvalue weighted by atomic mass is 9.94. The minimum absolute atomic E-state index is 0.103. The summed E-state index contributed by atoms with van der Waals surface area (Å²) in [7, 11) is 0. The number of carbonyl (C=O) groups is 3. The maximum atomic E-state index is 13.1. The number of pyridine rings is 1. The van der Waals surface area contributed by atoms with Gasteiger partial charge < -0.3 is 15.7 Å². The monoisotopic (exact) mass is 461 g/mol. The highest BCUT2D eigenvalue weighted by Crippen LogP contribution is 2.30. The molecule has 31 heavy (non-hydrogen) atoms. The molecule has 9 heteroatoms. The van der Waals surface area contributed by atoms with Crippen molar-refractivity contribution in [1.82, 2.24) is 15.6 Å². The molecule has 0 bridgehead atoms. The highest BCUT2D eigenvalue weighted by Gasteiger charge is 2.44. The first kappa shape index (κ1) is 23.3. The Morgan fingerprint density at radius 1 is 1.26 bits per heavy atom. The number of amides is 2. The van der Waals surface area contributed by atoms with E-state index in [0.29, 0.717) is 24.8 Å². The Kier molecular flexibility index (Phi) is 7.72. The van der Waals surface area contributed by atoms with Crippen molar-refractivity contribution in [2.24, 2.45) is 0 Å². The van der Waals surface area contributed by atoms with E-state index in [1.807, 2.05) is 35.9 Å². The lowest BCUT2D eigenvalue weighted by Crippen LogP contribution is -2.61. The summed E-state index contributed by atoms with van der Waals surface area (Å²) in [6.45, 7) is 1.84. The van der Waals surface area contributed by atoms with Crippen molar-refractivity contribution in [1.29, 1.82) is 0 Å². The first-order valence-electron chi connectivity index (χ1n) is 10.4. The van der Waals surface area contributed by atoms with Gasteiger partial charge in [-0.15, -0.1) is 0 Å². The summed E-state index contributed by atoms with van der Waals surface area (Å²) in [4.78, 5) is 41.8. The Morgan fingerprint density at radius 3 is 2.55 bits per heavy atom. The molecule has 166 valence electrons. The molecule has 1 aliphatic carbocycles. The molecule has 3 rings (SSSR count). The summed E-state index contributed by atoms with van der Waals surface area (Å²) in [5.41, 5.74) is 1.44. The van der Waals surface area contributed by atoms with E-state index in [2.05, 4.69) is 28.2 Å². The number of rotatable bonds is 9. The number of thiophene rings is 1. The normalized spacial score (nSPS) is 17.0. The Labute approximate surface area is 191 Å². The third-order valence-corrected chi connectivity index (χ3v) is 6.91. The SMILES string of the molecule is CC[C@@H](S)C(=O)NC1(C(=O)NC(Cc2ccc(-c3ccsc3)nc2)C(=O)O)CCCC1. The van der Waals surface area contributed by atoms with Crippen molar-refractivity contribution < 1.29 is 19.5 Å². The van der Waals surface area contributed by atoms with Crippen molar-refractivity contribution in [2.75, 3.05) is 0 Å². The van der Waals surface area contributed by atoms with Crippen LogP contribution in [0.15, 0.2) is 35.2 Å². The topological polar surface area (TPSA) is 108 Å². The molecule has 0 radical (unpaired) electrons. The maximum absolute atomic E-state index is 13.1. The molecule has 0 saturated heterocycles. The van der Waals surface area contributed by atoms with Gasteiger partial charge >= 0.3 is 5.97 Å². The van der Waals surface area contributed by atoms with Crippen LogP contribution in [-0.2, 0) is 20.8 Å². The minimum Gasteiger partial charge on any atom is -0.480 e. The van der Waals surface area contributed by atoms with Crippen LogP contribution in [0.2, 0.25) is 0 Å². The van der Waals surface area contributed by atoms with E-state index in [9.17, 15) is 19.5 Å². The van der Waals surface area contributed by atoms with Crippen molar-refractivity contribution in [3.8, 4) is 11.3 Å². The van der Waals surface area contributed by atoms with E-state index in [4.69, 9.17) is 0 Å². The van der Waals surface area contributed by atoms with Crippen LogP contribution in [-0.4, -0.2) is 44.7 Å². The summed E-state index contributed by atoms with van der Waals surface area (Å²) in [5, 5.41) is 18.6. The van der Waals surface area contributed by atoms with Gasteiger partial charge in [-0.2, -0.15) is 24.0 Å². The lowest BCUT2D eigenvalue weighted by molar-refractivity contribution is -0.143. The summed E-state index contributed by atoms with van der Waals surface area (Å²) < 4.78 is 0. The van der Waals surface area contributed by atoms with Gasteiger partial charge in [-0.3, -0.25) is 14.6 Å². The zero-order chi connectivity index (χ0) is 22.4. The third kappa shape index (κ3) is 5.65. The highest BCUT2D eigenvalue weighted by atomic mass is 32.1. The first-order chi connectivity index (χ1) is 14.8. The predicted molar refractivity (Wildman–Crippen MR) is 123 cm³/mol. The van der Waals surface area contributed by atoms with Gasteiger partial charge in [0, 0.05) is 23.6 Å². The fraction of sp³-hybridized carbons (Fsp3) is 0.455. The number of carboxylic acid groups (broad SMARTS) is 1. The second-order valence-corrected chi connectivity index (χ2v) is 9.24. The van der Waals surface area contributed by atoms with Gasteiger partial charge in [0.15, 0.2) is 0 Å². The van der Waals surface area contributed by atoms with Gasteiger partial charge in [-0.25, -0.2) is 4.79 Å². The number of hydrogen-bond acceptors (Lipinski definition) is 6. The molecule has 0 aliphatic heterocycles. The van der Waals surface area contributed by atoms with Gasteiger partial charge in [0.1, 0.15) is 11.6 Å². The van der Waals surface area contributed by atoms with Gasteiger partial charge in [0.05, 0.1) is 10.9 Å². The number of aromatic nitrogens is 1. The zero-order valence-corrected chi connectivity index (χ0v) is 19.0. The van der Waals surface area contributed by atoms with Gasteiger partial charge in [-0.05, 0) is 42.3 Å². The van der Waals surface area contributed by atoms with E-state index in [1.54, 1.807) is 17.5 Å². The Hall–Kier alpha value is -2.39. The van der Waals surface area contributed by atoms with E-state index >= 15 is 0 Å². The number of aliphatic carboxylic acids is 1. The lowest BCUT2D eigenvalue weighted by Gasteiger charge is -2.31. The molecule has 2 aromatic rings. The number of thiol groups is 1. The molecular formula is C22H27N3O4S2. The van der Waals surface area contributed by atoms with Crippen LogP contribution in [0.3, 0.4) is 0 Å². The Bertz CT molecular complexity index is 909. The van der Waals surface area contributed by atoms with Crippen molar-refractivity contribution in [3.05, 3.63) is 40.7 Å². The van der Waals surface area contributed by atoms with Crippen LogP contribution >= 0.6 is 24.0 Å². The number of carboxylic acids is 1.